The van der Waals surface area contributed by atoms with Crippen molar-refractivity contribution in [2.24, 2.45) is 0 Å². The van der Waals surface area contributed by atoms with Crippen LogP contribution in [0.1, 0.15) is 22.4 Å². The predicted octanol–water partition coefficient (Wildman–Crippen LogP) is 3.55. The Bertz CT molecular complexity index is 1380. The maximum absolute atomic E-state index is 13.6. The Morgan fingerprint density at radius 2 is 1.94 bits per heavy atom. The highest BCUT2D eigenvalue weighted by Crippen LogP contribution is 2.23. The Morgan fingerprint density at radius 3 is 2.68 bits per heavy atom. The van der Waals surface area contributed by atoms with Crippen LogP contribution in [-0.2, 0) is 6.54 Å². The molecule has 4 N–H and O–H groups in total. The first-order valence-corrected chi connectivity index (χ1v) is 9.91. The summed E-state index contributed by atoms with van der Waals surface area (Å²) in [6.45, 7) is 4.05. The molecule has 0 spiro atoms. The topological polar surface area (TPSA) is 123 Å². The number of nitrogens with one attached hydrogen (secondary N) is 2. The molecule has 0 saturated carbocycles. The Balaban J connectivity index is 1.90. The highest BCUT2D eigenvalue weighted by atomic mass is 35.5. The van der Waals surface area contributed by atoms with E-state index in [2.05, 4.69) is 20.3 Å². The molecule has 156 valence electrons. The van der Waals surface area contributed by atoms with E-state index < -0.39 is 0 Å². The molecule has 4 aromatic rings. The maximum atomic E-state index is 13.6. The molecule has 0 fully saturated rings. The first-order valence-electron chi connectivity index (χ1n) is 9.53. The molecule has 8 nitrogen and oxygen atoms in total. The molecule has 0 saturated heterocycles. The van der Waals surface area contributed by atoms with Gasteiger partial charge in [0.05, 0.1) is 17.5 Å². The summed E-state index contributed by atoms with van der Waals surface area (Å²) in [5.41, 5.74) is 8.36. The van der Waals surface area contributed by atoms with E-state index >= 15 is 0 Å². The number of hydrogen-bond donors (Lipinski definition) is 3. The van der Waals surface area contributed by atoms with Crippen LogP contribution in [0.3, 0.4) is 0 Å². The van der Waals surface area contributed by atoms with E-state index in [9.17, 15) is 4.79 Å². The van der Waals surface area contributed by atoms with Crippen LogP contribution in [0.2, 0.25) is 0 Å². The van der Waals surface area contributed by atoms with Gasteiger partial charge in [-0.2, -0.15) is 0 Å². The van der Waals surface area contributed by atoms with Gasteiger partial charge in [0.15, 0.2) is 0 Å². The number of rotatable bonds is 5. The standard InChI is InChI=1S/C22H20ClN7O/c1-12-5-3-7-14-9-15(10-27-20-17(18(23)24)19(25)28-11-29-20)30(22(31)16(12)14)21-13(2)6-4-8-26-21/h3-9,11,24H,10H2,1-2H3,(H3,25,27,28,29). The van der Waals surface area contributed by atoms with Gasteiger partial charge in [-0.05, 0) is 42.5 Å². The van der Waals surface area contributed by atoms with Crippen molar-refractivity contribution < 1.29 is 0 Å². The first kappa shape index (κ1) is 20.5. The number of halogens is 1. The molecule has 0 radical (unpaired) electrons. The van der Waals surface area contributed by atoms with Crippen molar-refractivity contribution in [3.8, 4) is 5.82 Å². The van der Waals surface area contributed by atoms with Gasteiger partial charge >= 0.3 is 0 Å². The predicted molar refractivity (Wildman–Crippen MR) is 123 cm³/mol. The van der Waals surface area contributed by atoms with Gasteiger partial charge in [-0.3, -0.25) is 14.8 Å². The number of nitrogens with two attached hydrogens (primary N) is 1. The average Bonchev–Trinajstić information content (AvgIpc) is 2.73. The van der Waals surface area contributed by atoms with E-state index in [1.165, 1.54) is 6.33 Å². The molecule has 0 aliphatic carbocycles. The van der Waals surface area contributed by atoms with E-state index in [0.29, 0.717) is 22.7 Å². The van der Waals surface area contributed by atoms with E-state index in [1.54, 1.807) is 10.8 Å². The third-order valence-electron chi connectivity index (χ3n) is 5.06. The van der Waals surface area contributed by atoms with Gasteiger partial charge < -0.3 is 11.1 Å². The molecule has 0 aliphatic rings. The van der Waals surface area contributed by atoms with Crippen LogP contribution in [0, 0.1) is 19.3 Å². The van der Waals surface area contributed by atoms with Gasteiger partial charge in [0.25, 0.3) is 5.56 Å². The van der Waals surface area contributed by atoms with Crippen molar-refractivity contribution in [2.75, 3.05) is 11.1 Å². The molecule has 1 aromatic carbocycles. The fourth-order valence-electron chi connectivity index (χ4n) is 3.59. The minimum atomic E-state index is -0.271. The van der Waals surface area contributed by atoms with Gasteiger partial charge in [0, 0.05) is 11.9 Å². The first-order chi connectivity index (χ1) is 14.9. The molecule has 0 aliphatic heterocycles. The van der Waals surface area contributed by atoms with Gasteiger partial charge in [-0.15, -0.1) is 0 Å². The van der Waals surface area contributed by atoms with E-state index in [0.717, 1.165) is 16.5 Å². The highest BCUT2D eigenvalue weighted by Gasteiger charge is 2.17. The van der Waals surface area contributed by atoms with Crippen molar-refractivity contribution in [1.29, 1.82) is 5.41 Å². The highest BCUT2D eigenvalue weighted by molar-refractivity contribution is 6.69. The second kappa shape index (κ2) is 8.16. The Kier molecular flexibility index (Phi) is 5.39. The van der Waals surface area contributed by atoms with Crippen molar-refractivity contribution in [2.45, 2.75) is 20.4 Å². The number of benzene rings is 1. The largest absolute Gasteiger partial charge is 0.383 e. The maximum Gasteiger partial charge on any atom is 0.264 e. The molecule has 0 unspecified atom stereocenters. The summed E-state index contributed by atoms with van der Waals surface area (Å²) < 4.78 is 1.61. The van der Waals surface area contributed by atoms with Gasteiger partial charge in [-0.25, -0.2) is 15.0 Å². The molecule has 0 atom stereocenters. The zero-order valence-electron chi connectivity index (χ0n) is 17.0. The van der Waals surface area contributed by atoms with E-state index in [-0.39, 0.29) is 28.7 Å². The summed E-state index contributed by atoms with van der Waals surface area (Å²) >= 11 is 5.88. The fourth-order valence-corrected chi connectivity index (χ4v) is 3.77. The smallest absolute Gasteiger partial charge is 0.264 e. The monoisotopic (exact) mass is 433 g/mol. The molecule has 0 bridgehead atoms. The number of aryl methyl sites for hydroxylation is 2. The van der Waals surface area contributed by atoms with Crippen LogP contribution < -0.4 is 16.6 Å². The summed E-state index contributed by atoms with van der Waals surface area (Å²) in [4.78, 5) is 26.1. The number of nitrogens with zero attached hydrogens (tertiary/aromatic N) is 4. The second-order valence-electron chi connectivity index (χ2n) is 7.11. The van der Waals surface area contributed by atoms with Crippen molar-refractivity contribution >= 4 is 39.2 Å². The lowest BCUT2D eigenvalue weighted by molar-refractivity contribution is 0.854. The molecule has 4 rings (SSSR count). The Hall–Kier alpha value is -3.78. The Morgan fingerprint density at radius 1 is 1.16 bits per heavy atom. The fraction of sp³-hybridized carbons (Fsp3) is 0.136. The van der Waals surface area contributed by atoms with E-state index in [1.807, 2.05) is 50.2 Å². The van der Waals surface area contributed by atoms with Crippen LogP contribution >= 0.6 is 11.6 Å². The van der Waals surface area contributed by atoms with Crippen LogP contribution in [0.4, 0.5) is 11.6 Å². The lowest BCUT2D eigenvalue weighted by atomic mass is 10.1. The number of pyridine rings is 2. The summed E-state index contributed by atoms with van der Waals surface area (Å²) in [7, 11) is 0. The Labute approximate surface area is 183 Å². The minimum absolute atomic E-state index is 0.101. The van der Waals surface area contributed by atoms with Crippen molar-refractivity contribution in [1.82, 2.24) is 19.5 Å². The molecule has 3 heterocycles. The minimum Gasteiger partial charge on any atom is -0.383 e. The average molecular weight is 434 g/mol. The second-order valence-corrected chi connectivity index (χ2v) is 7.49. The third-order valence-corrected chi connectivity index (χ3v) is 5.25. The van der Waals surface area contributed by atoms with Crippen LogP contribution in [0.25, 0.3) is 16.6 Å². The lowest BCUT2D eigenvalue weighted by Gasteiger charge is -2.17. The summed E-state index contributed by atoms with van der Waals surface area (Å²) in [6.07, 6.45) is 2.95. The normalized spacial score (nSPS) is 10.9. The van der Waals surface area contributed by atoms with Crippen LogP contribution in [0.15, 0.2) is 53.7 Å². The molecular formula is C22H20ClN7O. The number of anilines is 2. The number of nitrogen functional groups attached to an aromatic ring is 1. The summed E-state index contributed by atoms with van der Waals surface area (Å²) in [5.74, 6) is 0.972. The van der Waals surface area contributed by atoms with Crippen molar-refractivity contribution in [3.05, 3.63) is 81.7 Å². The number of hydrogen-bond acceptors (Lipinski definition) is 7. The SMILES string of the molecule is Cc1cccnc1-n1c(CNc2ncnc(N)c2C(=N)Cl)cc2cccc(C)c2c1=O. The van der Waals surface area contributed by atoms with Gasteiger partial charge in [-0.1, -0.05) is 35.9 Å². The van der Waals surface area contributed by atoms with Crippen LogP contribution in [0.5, 0.6) is 0 Å². The number of aromatic nitrogens is 4. The van der Waals surface area contributed by atoms with Gasteiger partial charge in [0.2, 0.25) is 0 Å². The van der Waals surface area contributed by atoms with E-state index in [4.69, 9.17) is 22.7 Å². The molecular weight excluding hydrogens is 414 g/mol. The molecule has 31 heavy (non-hydrogen) atoms. The zero-order chi connectivity index (χ0) is 22.1. The number of fused-ring (bicyclic) bond motifs is 1. The molecule has 9 heteroatoms. The lowest BCUT2D eigenvalue weighted by Crippen LogP contribution is -2.26. The van der Waals surface area contributed by atoms with Crippen molar-refractivity contribution in [3.63, 3.8) is 0 Å². The quantitative estimate of drug-likeness (QED) is 0.413. The molecule has 3 aromatic heterocycles. The van der Waals surface area contributed by atoms with Crippen LogP contribution in [-0.4, -0.2) is 24.7 Å². The summed E-state index contributed by atoms with van der Waals surface area (Å²) in [5, 5.41) is 12.1. The third kappa shape index (κ3) is 3.73. The molecule has 0 amide bonds. The van der Waals surface area contributed by atoms with Gasteiger partial charge in [0.1, 0.15) is 29.0 Å². The summed E-state index contributed by atoms with van der Waals surface area (Å²) in [6, 6.07) is 11.4. The zero-order valence-corrected chi connectivity index (χ0v) is 17.7.